The van der Waals surface area contributed by atoms with Crippen molar-refractivity contribution in [2.24, 2.45) is 11.8 Å². The molecule has 2 unspecified atom stereocenters. The topological polar surface area (TPSA) is 9.23 Å². The van der Waals surface area contributed by atoms with E-state index in [1.165, 1.54) is 48.0 Å². The molecule has 0 amide bonds. The minimum absolute atomic E-state index is 0.245. The van der Waals surface area contributed by atoms with Crippen molar-refractivity contribution in [1.82, 2.24) is 0 Å². The number of benzene rings is 3. The molecule has 1 aliphatic heterocycles. The van der Waals surface area contributed by atoms with E-state index in [9.17, 15) is 0 Å². The first-order valence-corrected chi connectivity index (χ1v) is 14.8. The molecule has 3 aromatic carbocycles. The maximum atomic E-state index is 7.91. The van der Waals surface area contributed by atoms with Crippen molar-refractivity contribution in [3.63, 3.8) is 0 Å². The van der Waals surface area contributed by atoms with Crippen LogP contribution in [0.2, 0.25) is 0 Å². The average Bonchev–Trinajstić information content (AvgIpc) is 3.25. The van der Waals surface area contributed by atoms with Gasteiger partial charge in [0.25, 0.3) is 0 Å². The van der Waals surface area contributed by atoms with Gasteiger partial charge in [0.15, 0.2) is 0 Å². The second kappa shape index (κ2) is 8.39. The van der Waals surface area contributed by atoms with Gasteiger partial charge in [-0.05, 0) is 0 Å². The third-order valence-corrected chi connectivity index (χ3v) is 14.7. The van der Waals surface area contributed by atoms with Gasteiger partial charge in [-0.15, -0.1) is 0 Å². The van der Waals surface area contributed by atoms with E-state index in [0.29, 0.717) is 17.5 Å². The van der Waals surface area contributed by atoms with Crippen LogP contribution in [0.5, 0.6) is 0 Å². The Kier molecular flexibility index (Phi) is 5.36. The molecular weight excluding hydrogens is 419 g/mol. The molecule has 0 aromatic heterocycles. The second-order valence-electron chi connectivity index (χ2n) is 9.91. The van der Waals surface area contributed by atoms with Crippen LogP contribution in [-0.2, 0) is 4.52 Å². The van der Waals surface area contributed by atoms with E-state index in [0.717, 1.165) is 0 Å². The van der Waals surface area contributed by atoms with Crippen LogP contribution in [-0.4, -0.2) is 11.8 Å². The molecule has 0 N–H and O–H groups in total. The van der Waals surface area contributed by atoms with Crippen LogP contribution < -0.4 is 15.9 Å². The van der Waals surface area contributed by atoms with Gasteiger partial charge in [-0.3, -0.25) is 0 Å². The summed E-state index contributed by atoms with van der Waals surface area (Å²) in [6.45, 7) is -3.29. The Bertz CT molecular complexity index is 1050. The molecule has 2 aliphatic carbocycles. The molecule has 1 saturated heterocycles. The van der Waals surface area contributed by atoms with E-state index in [1.807, 2.05) is 0 Å². The Morgan fingerprint density at radius 1 is 0.576 bits per heavy atom. The monoisotopic (exact) mass is 452 g/mol. The fourth-order valence-corrected chi connectivity index (χ4v) is 13.9. The van der Waals surface area contributed by atoms with E-state index in [2.05, 4.69) is 115 Å². The second-order valence-corrected chi connectivity index (χ2v) is 14.5. The van der Waals surface area contributed by atoms with Gasteiger partial charge in [0.2, 0.25) is 0 Å². The van der Waals surface area contributed by atoms with E-state index < -0.39 is 6.83 Å². The Morgan fingerprint density at radius 3 is 1.58 bits per heavy atom. The number of allylic oxidation sites excluding steroid dienone is 3. The molecule has 1 heterocycles. The van der Waals surface area contributed by atoms with Gasteiger partial charge in [0.05, 0.1) is 0 Å². The van der Waals surface area contributed by atoms with Gasteiger partial charge in [-0.1, -0.05) is 0 Å². The van der Waals surface area contributed by atoms with Crippen LogP contribution in [0.15, 0.2) is 115 Å². The van der Waals surface area contributed by atoms with Crippen LogP contribution >= 0.6 is 6.83 Å². The SMILES string of the molecule is C1=CC2[C@H](C=C1)C(C1CCCCC1)OP2(c1ccccc1)(c1ccccc1)c1ccccc1. The first-order valence-electron chi connectivity index (χ1n) is 12.6. The molecule has 2 heteroatoms. The van der Waals surface area contributed by atoms with Crippen LogP contribution in [0.1, 0.15) is 32.1 Å². The zero-order valence-electron chi connectivity index (χ0n) is 19.2. The van der Waals surface area contributed by atoms with Crippen LogP contribution in [0.4, 0.5) is 0 Å². The normalized spacial score (nSPS) is 29.1. The Morgan fingerprint density at radius 2 is 1.06 bits per heavy atom. The third-order valence-electron chi connectivity index (χ3n) is 8.36. The molecule has 3 atom stereocenters. The molecule has 0 spiro atoms. The summed E-state index contributed by atoms with van der Waals surface area (Å²) in [6, 6.07) is 33.6. The van der Waals surface area contributed by atoms with Gasteiger partial charge in [0, 0.05) is 0 Å². The third kappa shape index (κ3) is 2.99. The number of fused-ring (bicyclic) bond motifs is 1. The van der Waals surface area contributed by atoms with Crippen molar-refractivity contribution in [2.45, 2.75) is 43.9 Å². The van der Waals surface area contributed by atoms with Crippen LogP contribution in [0, 0.1) is 11.8 Å². The summed E-state index contributed by atoms with van der Waals surface area (Å²) in [5.41, 5.74) is 0.306. The molecular formula is C31H33OP. The molecule has 168 valence electrons. The molecule has 1 saturated carbocycles. The van der Waals surface area contributed by atoms with Crippen molar-refractivity contribution in [1.29, 1.82) is 0 Å². The predicted octanol–water partition coefficient (Wildman–Crippen LogP) is 6.52. The molecule has 33 heavy (non-hydrogen) atoms. The fourth-order valence-electron chi connectivity index (χ4n) is 6.98. The van der Waals surface area contributed by atoms with E-state index in [-0.39, 0.29) is 6.10 Å². The fraction of sp³-hybridized carbons (Fsp3) is 0.290. The van der Waals surface area contributed by atoms with Crippen molar-refractivity contribution >= 4 is 22.7 Å². The summed E-state index contributed by atoms with van der Waals surface area (Å²) in [6.07, 6.45) is 16.3. The van der Waals surface area contributed by atoms with E-state index >= 15 is 0 Å². The summed E-state index contributed by atoms with van der Waals surface area (Å²) < 4.78 is 7.91. The summed E-state index contributed by atoms with van der Waals surface area (Å²) in [5, 5.41) is 4.07. The van der Waals surface area contributed by atoms with Crippen molar-refractivity contribution in [3.05, 3.63) is 115 Å². The van der Waals surface area contributed by atoms with Gasteiger partial charge >= 0.3 is 198 Å². The average molecular weight is 453 g/mol. The molecule has 2 fully saturated rings. The van der Waals surface area contributed by atoms with Crippen molar-refractivity contribution in [3.8, 4) is 0 Å². The summed E-state index contributed by atoms with van der Waals surface area (Å²) >= 11 is 0. The minimum atomic E-state index is -3.29. The summed E-state index contributed by atoms with van der Waals surface area (Å²) in [4.78, 5) is 0. The zero-order chi connectivity index (χ0) is 22.2. The van der Waals surface area contributed by atoms with Crippen LogP contribution in [0.25, 0.3) is 0 Å². The molecule has 0 radical (unpaired) electrons. The Hall–Kier alpha value is -2.47. The van der Waals surface area contributed by atoms with Crippen molar-refractivity contribution < 1.29 is 4.52 Å². The van der Waals surface area contributed by atoms with E-state index in [1.54, 1.807) is 0 Å². The van der Waals surface area contributed by atoms with Crippen LogP contribution in [0.3, 0.4) is 0 Å². The van der Waals surface area contributed by atoms with Gasteiger partial charge < -0.3 is 0 Å². The van der Waals surface area contributed by atoms with Gasteiger partial charge in [-0.2, -0.15) is 0 Å². The Labute approximate surface area is 198 Å². The molecule has 0 bridgehead atoms. The summed E-state index contributed by atoms with van der Waals surface area (Å²) in [5.74, 6) is 1.03. The quantitative estimate of drug-likeness (QED) is 0.410. The first kappa shape index (κ1) is 21.1. The van der Waals surface area contributed by atoms with E-state index in [4.69, 9.17) is 4.52 Å². The van der Waals surface area contributed by atoms with Gasteiger partial charge in [-0.25, -0.2) is 0 Å². The van der Waals surface area contributed by atoms with Gasteiger partial charge in [0.1, 0.15) is 0 Å². The molecule has 1 nitrogen and oxygen atoms in total. The predicted molar refractivity (Wildman–Crippen MR) is 142 cm³/mol. The zero-order valence-corrected chi connectivity index (χ0v) is 20.1. The number of hydrogen-bond donors (Lipinski definition) is 0. The summed E-state index contributed by atoms with van der Waals surface area (Å²) in [7, 11) is 0. The first-order chi connectivity index (χ1) is 16.3. The molecule has 6 rings (SSSR count). The maximum absolute atomic E-state index is 7.91. The van der Waals surface area contributed by atoms with Crippen molar-refractivity contribution in [2.75, 3.05) is 0 Å². The number of hydrogen-bond acceptors (Lipinski definition) is 1. The molecule has 3 aromatic rings. The Balaban J connectivity index is 1.71. The number of rotatable bonds is 4. The molecule has 3 aliphatic rings. The standard InChI is InChI=1S/C31H33OP/c1-5-15-25(16-6-1)31-29-23-13-14-24-30(29)33(32-31,26-17-7-2-8-18-26,27-19-9-3-10-20-27)28-21-11-4-12-22-28/h2-4,7-14,17-25,29-31H,1,5-6,15-16H2/t29-,30?,31?/m0/s1.